The fourth-order valence-corrected chi connectivity index (χ4v) is 1.55. The zero-order chi connectivity index (χ0) is 11.5. The first-order valence-electron chi connectivity index (χ1n) is 5.35. The smallest absolute Gasteiger partial charge is 0.337 e. The van der Waals surface area contributed by atoms with E-state index in [0.717, 1.165) is 12.8 Å². The van der Waals surface area contributed by atoms with Crippen LogP contribution >= 0.6 is 0 Å². The summed E-state index contributed by atoms with van der Waals surface area (Å²) < 4.78 is 10.3. The van der Waals surface area contributed by atoms with Crippen LogP contribution in [0.3, 0.4) is 0 Å². The Morgan fingerprint density at radius 3 is 2.75 bits per heavy atom. The molecule has 4 heteroatoms. The van der Waals surface area contributed by atoms with Crippen molar-refractivity contribution in [3.63, 3.8) is 0 Å². The van der Waals surface area contributed by atoms with Gasteiger partial charge in [0.05, 0.1) is 24.5 Å². The van der Waals surface area contributed by atoms with Gasteiger partial charge in [0.25, 0.3) is 0 Å². The van der Waals surface area contributed by atoms with Crippen LogP contribution in [-0.4, -0.2) is 19.2 Å². The molecule has 0 heterocycles. The molecule has 0 bridgehead atoms. The average molecular weight is 221 g/mol. The van der Waals surface area contributed by atoms with Crippen LogP contribution < -0.4 is 10.5 Å². The van der Waals surface area contributed by atoms with Crippen LogP contribution in [-0.2, 0) is 4.74 Å². The van der Waals surface area contributed by atoms with E-state index in [9.17, 15) is 4.79 Å². The number of benzene rings is 1. The van der Waals surface area contributed by atoms with Crippen LogP contribution in [0.4, 0.5) is 5.69 Å². The molecule has 1 aliphatic rings. The first-order chi connectivity index (χ1) is 7.70. The lowest BCUT2D eigenvalue weighted by atomic mass is 9.96. The molecule has 1 aromatic carbocycles. The molecule has 4 nitrogen and oxygen atoms in total. The first kappa shape index (κ1) is 10.8. The lowest BCUT2D eigenvalue weighted by molar-refractivity contribution is 0.0599. The molecular formula is C12H15NO3. The van der Waals surface area contributed by atoms with Gasteiger partial charge in [-0.05, 0) is 37.5 Å². The van der Waals surface area contributed by atoms with Crippen LogP contribution in [0.5, 0.6) is 5.75 Å². The third-order valence-electron chi connectivity index (χ3n) is 2.78. The van der Waals surface area contributed by atoms with Crippen molar-refractivity contribution in [2.45, 2.75) is 25.4 Å². The van der Waals surface area contributed by atoms with E-state index in [0.29, 0.717) is 17.0 Å². The monoisotopic (exact) mass is 221 g/mol. The quantitative estimate of drug-likeness (QED) is 0.626. The number of esters is 1. The predicted octanol–water partition coefficient (Wildman–Crippen LogP) is 1.99. The summed E-state index contributed by atoms with van der Waals surface area (Å²) >= 11 is 0. The lowest BCUT2D eigenvalue weighted by Crippen LogP contribution is -2.25. The van der Waals surface area contributed by atoms with Crippen LogP contribution in [0.1, 0.15) is 29.6 Å². The van der Waals surface area contributed by atoms with Gasteiger partial charge in [-0.25, -0.2) is 4.79 Å². The van der Waals surface area contributed by atoms with Crippen molar-refractivity contribution in [2.24, 2.45) is 0 Å². The van der Waals surface area contributed by atoms with Crippen molar-refractivity contribution < 1.29 is 14.3 Å². The van der Waals surface area contributed by atoms with E-state index < -0.39 is 0 Å². The Hall–Kier alpha value is -1.71. The molecule has 0 amide bonds. The Morgan fingerprint density at radius 1 is 1.44 bits per heavy atom. The third-order valence-corrected chi connectivity index (χ3v) is 2.78. The highest BCUT2D eigenvalue weighted by atomic mass is 16.5. The van der Waals surface area contributed by atoms with Gasteiger partial charge >= 0.3 is 5.97 Å². The Bertz CT molecular complexity index is 399. The molecule has 16 heavy (non-hydrogen) atoms. The highest BCUT2D eigenvalue weighted by Crippen LogP contribution is 2.29. The van der Waals surface area contributed by atoms with E-state index in [1.807, 2.05) is 0 Å². The molecule has 2 rings (SSSR count). The second kappa shape index (κ2) is 4.43. The van der Waals surface area contributed by atoms with Crippen molar-refractivity contribution in [1.82, 2.24) is 0 Å². The highest BCUT2D eigenvalue weighted by Gasteiger charge is 2.20. The van der Waals surface area contributed by atoms with E-state index in [1.165, 1.54) is 13.5 Å². The Labute approximate surface area is 94.3 Å². The molecule has 0 atom stereocenters. The summed E-state index contributed by atoms with van der Waals surface area (Å²) in [6, 6.07) is 4.94. The van der Waals surface area contributed by atoms with Gasteiger partial charge in [0.1, 0.15) is 5.75 Å². The molecule has 86 valence electrons. The van der Waals surface area contributed by atoms with Gasteiger partial charge in [-0.1, -0.05) is 0 Å². The summed E-state index contributed by atoms with van der Waals surface area (Å²) in [6.07, 6.45) is 3.56. The average Bonchev–Trinajstić information content (AvgIpc) is 2.24. The number of carbonyl (C=O) groups excluding carboxylic acids is 1. The number of rotatable bonds is 3. The number of nitrogen functional groups attached to an aromatic ring is 1. The molecule has 0 radical (unpaired) electrons. The van der Waals surface area contributed by atoms with Crippen LogP contribution in [0, 0.1) is 0 Å². The van der Waals surface area contributed by atoms with E-state index in [1.54, 1.807) is 18.2 Å². The van der Waals surface area contributed by atoms with Crippen molar-refractivity contribution >= 4 is 11.7 Å². The molecule has 0 aliphatic heterocycles. The summed E-state index contributed by atoms with van der Waals surface area (Å²) in [5.74, 6) is 0.200. The minimum atomic E-state index is -0.376. The third kappa shape index (κ3) is 2.10. The first-order valence-corrected chi connectivity index (χ1v) is 5.35. The predicted molar refractivity (Wildman–Crippen MR) is 60.5 cm³/mol. The number of hydrogen-bond acceptors (Lipinski definition) is 4. The van der Waals surface area contributed by atoms with Crippen molar-refractivity contribution in [3.8, 4) is 5.75 Å². The molecule has 0 saturated heterocycles. The Morgan fingerprint density at radius 2 is 2.19 bits per heavy atom. The second-order valence-electron chi connectivity index (χ2n) is 3.91. The van der Waals surface area contributed by atoms with E-state index in [2.05, 4.69) is 4.74 Å². The van der Waals surface area contributed by atoms with Crippen molar-refractivity contribution in [3.05, 3.63) is 23.8 Å². The van der Waals surface area contributed by atoms with Crippen LogP contribution in [0.25, 0.3) is 0 Å². The largest absolute Gasteiger partial charge is 0.488 e. The zero-order valence-corrected chi connectivity index (χ0v) is 9.23. The van der Waals surface area contributed by atoms with Gasteiger partial charge in [0.15, 0.2) is 0 Å². The van der Waals surface area contributed by atoms with Gasteiger partial charge in [-0.3, -0.25) is 0 Å². The summed E-state index contributed by atoms with van der Waals surface area (Å²) in [5, 5.41) is 0. The SMILES string of the molecule is COC(=O)c1ccc(N)c(OC2CCC2)c1. The summed E-state index contributed by atoms with van der Waals surface area (Å²) in [7, 11) is 1.35. The molecule has 1 saturated carbocycles. The van der Waals surface area contributed by atoms with Gasteiger partial charge < -0.3 is 15.2 Å². The zero-order valence-electron chi connectivity index (χ0n) is 9.23. The maximum absolute atomic E-state index is 11.3. The number of hydrogen-bond donors (Lipinski definition) is 1. The molecule has 1 aromatic rings. The minimum Gasteiger partial charge on any atom is -0.488 e. The van der Waals surface area contributed by atoms with Gasteiger partial charge in [0.2, 0.25) is 0 Å². The van der Waals surface area contributed by atoms with Crippen LogP contribution in [0.2, 0.25) is 0 Å². The Kier molecular flexibility index (Phi) is 2.99. The molecule has 1 aliphatic carbocycles. The van der Waals surface area contributed by atoms with E-state index in [4.69, 9.17) is 10.5 Å². The van der Waals surface area contributed by atoms with Gasteiger partial charge in [-0.2, -0.15) is 0 Å². The molecule has 0 spiro atoms. The molecule has 2 N–H and O–H groups in total. The van der Waals surface area contributed by atoms with E-state index >= 15 is 0 Å². The summed E-state index contributed by atoms with van der Waals surface area (Å²) in [6.45, 7) is 0. The number of anilines is 1. The number of carbonyl (C=O) groups is 1. The highest BCUT2D eigenvalue weighted by molar-refractivity contribution is 5.90. The fourth-order valence-electron chi connectivity index (χ4n) is 1.55. The fraction of sp³-hybridized carbons (Fsp3) is 0.417. The second-order valence-corrected chi connectivity index (χ2v) is 3.91. The number of nitrogens with two attached hydrogens (primary N) is 1. The number of ether oxygens (including phenoxy) is 2. The van der Waals surface area contributed by atoms with E-state index in [-0.39, 0.29) is 12.1 Å². The van der Waals surface area contributed by atoms with Gasteiger partial charge in [-0.15, -0.1) is 0 Å². The van der Waals surface area contributed by atoms with Crippen LogP contribution in [0.15, 0.2) is 18.2 Å². The Balaban J connectivity index is 2.17. The molecule has 0 aromatic heterocycles. The topological polar surface area (TPSA) is 61.5 Å². The maximum Gasteiger partial charge on any atom is 0.337 e. The van der Waals surface area contributed by atoms with Gasteiger partial charge in [0, 0.05) is 0 Å². The summed E-state index contributed by atoms with van der Waals surface area (Å²) in [4.78, 5) is 11.3. The lowest BCUT2D eigenvalue weighted by Gasteiger charge is -2.27. The molecular weight excluding hydrogens is 206 g/mol. The summed E-state index contributed by atoms with van der Waals surface area (Å²) in [5.41, 5.74) is 6.80. The molecule has 1 fully saturated rings. The normalized spacial score (nSPS) is 15.3. The molecule has 0 unspecified atom stereocenters. The maximum atomic E-state index is 11.3. The standard InChI is InChI=1S/C12H15NO3/c1-15-12(14)8-5-6-10(13)11(7-8)16-9-3-2-4-9/h5-7,9H,2-4,13H2,1H3. The minimum absolute atomic E-state index is 0.246. The van der Waals surface area contributed by atoms with Crippen molar-refractivity contribution in [2.75, 3.05) is 12.8 Å². The van der Waals surface area contributed by atoms with Crippen molar-refractivity contribution in [1.29, 1.82) is 0 Å². The number of methoxy groups -OCH3 is 1.